The van der Waals surface area contributed by atoms with Crippen LogP contribution < -0.4 is 0 Å². The normalized spacial score (nSPS) is 11.3. The maximum absolute atomic E-state index is 4.63. The lowest BCUT2D eigenvalue weighted by Crippen LogP contribution is -1.94. The van der Waals surface area contributed by atoms with E-state index in [9.17, 15) is 0 Å². The summed E-state index contributed by atoms with van der Waals surface area (Å²) in [6.07, 6.45) is 3.45. The zero-order valence-corrected chi connectivity index (χ0v) is 6.61. The molecule has 11 heavy (non-hydrogen) atoms. The lowest BCUT2D eigenvalue weighted by molar-refractivity contribution is 0.213. The highest BCUT2D eigenvalue weighted by Gasteiger charge is 1.94. The molecule has 0 spiro atoms. The van der Waals surface area contributed by atoms with Crippen molar-refractivity contribution in [2.75, 3.05) is 7.11 Å². The molecule has 0 aromatic carbocycles. The Kier molecular flexibility index (Phi) is 2.60. The topological polar surface area (TPSA) is 34.5 Å². The Morgan fingerprint density at radius 3 is 2.64 bits per heavy atom. The molecule has 58 valence electrons. The van der Waals surface area contributed by atoms with E-state index in [2.05, 4.69) is 15.0 Å². The van der Waals surface area contributed by atoms with Gasteiger partial charge in [0.2, 0.25) is 0 Å². The van der Waals surface area contributed by atoms with Gasteiger partial charge in [0.25, 0.3) is 0 Å². The number of aromatic nitrogens is 1. The number of oxime groups is 1. The van der Waals surface area contributed by atoms with Crippen molar-refractivity contribution in [3.63, 3.8) is 0 Å². The first-order chi connectivity index (χ1) is 5.34. The van der Waals surface area contributed by atoms with Crippen LogP contribution in [-0.4, -0.2) is 17.8 Å². The van der Waals surface area contributed by atoms with Gasteiger partial charge in [-0.2, -0.15) is 0 Å². The summed E-state index contributed by atoms with van der Waals surface area (Å²) in [4.78, 5) is 8.52. The minimum Gasteiger partial charge on any atom is -0.399 e. The molecule has 0 bridgehead atoms. The molecular formula is C8H10N2O. The highest BCUT2D eigenvalue weighted by molar-refractivity contribution is 5.98. The van der Waals surface area contributed by atoms with Gasteiger partial charge in [0, 0.05) is 18.0 Å². The van der Waals surface area contributed by atoms with Crippen LogP contribution in [0.5, 0.6) is 0 Å². The van der Waals surface area contributed by atoms with Gasteiger partial charge in [0.1, 0.15) is 7.11 Å². The van der Waals surface area contributed by atoms with Crippen LogP contribution in [0.4, 0.5) is 0 Å². The minimum absolute atomic E-state index is 0.856. The van der Waals surface area contributed by atoms with Gasteiger partial charge in [-0.1, -0.05) is 5.16 Å². The van der Waals surface area contributed by atoms with Crippen molar-refractivity contribution in [1.82, 2.24) is 4.98 Å². The van der Waals surface area contributed by atoms with E-state index in [1.54, 1.807) is 12.4 Å². The van der Waals surface area contributed by atoms with Crippen molar-refractivity contribution in [2.24, 2.45) is 5.16 Å². The lowest BCUT2D eigenvalue weighted by Gasteiger charge is -1.96. The fraction of sp³-hybridized carbons (Fsp3) is 0.250. The molecule has 1 aromatic rings. The van der Waals surface area contributed by atoms with E-state index in [-0.39, 0.29) is 0 Å². The summed E-state index contributed by atoms with van der Waals surface area (Å²) >= 11 is 0. The van der Waals surface area contributed by atoms with Gasteiger partial charge in [-0.3, -0.25) is 4.98 Å². The minimum atomic E-state index is 0.856. The summed E-state index contributed by atoms with van der Waals surface area (Å²) in [7, 11) is 1.53. The van der Waals surface area contributed by atoms with Crippen LogP contribution in [0.2, 0.25) is 0 Å². The van der Waals surface area contributed by atoms with Gasteiger partial charge in [0.05, 0.1) is 5.71 Å². The Bertz CT molecular complexity index is 244. The molecule has 0 aliphatic rings. The SMILES string of the molecule is CO/N=C(\C)c1ccncc1. The molecule has 1 rings (SSSR count). The zero-order valence-electron chi connectivity index (χ0n) is 6.61. The molecule has 0 atom stereocenters. The predicted octanol–water partition coefficient (Wildman–Crippen LogP) is 1.45. The molecule has 3 nitrogen and oxygen atoms in total. The Morgan fingerprint density at radius 1 is 1.45 bits per heavy atom. The quantitative estimate of drug-likeness (QED) is 0.472. The molecule has 1 heterocycles. The fourth-order valence-electron chi connectivity index (χ4n) is 0.783. The molecule has 0 N–H and O–H groups in total. The average molecular weight is 150 g/mol. The fourth-order valence-corrected chi connectivity index (χ4v) is 0.783. The molecule has 0 aliphatic heterocycles. The van der Waals surface area contributed by atoms with Crippen molar-refractivity contribution >= 4 is 5.71 Å². The first-order valence-electron chi connectivity index (χ1n) is 3.32. The van der Waals surface area contributed by atoms with Gasteiger partial charge >= 0.3 is 0 Å². The van der Waals surface area contributed by atoms with E-state index in [1.807, 2.05) is 19.1 Å². The van der Waals surface area contributed by atoms with Crippen molar-refractivity contribution in [1.29, 1.82) is 0 Å². The Hall–Kier alpha value is -1.38. The molecule has 3 heteroatoms. The molecule has 0 aliphatic carbocycles. The van der Waals surface area contributed by atoms with Gasteiger partial charge in [-0.15, -0.1) is 0 Å². The highest BCUT2D eigenvalue weighted by Crippen LogP contribution is 1.98. The maximum atomic E-state index is 4.63. The van der Waals surface area contributed by atoms with E-state index < -0.39 is 0 Å². The molecule has 1 aromatic heterocycles. The second kappa shape index (κ2) is 3.71. The van der Waals surface area contributed by atoms with Gasteiger partial charge < -0.3 is 4.84 Å². The third-order valence-corrected chi connectivity index (χ3v) is 1.33. The second-order valence-corrected chi connectivity index (χ2v) is 2.10. The summed E-state index contributed by atoms with van der Waals surface area (Å²) in [5, 5.41) is 3.78. The van der Waals surface area contributed by atoms with E-state index in [0.29, 0.717) is 0 Å². The third-order valence-electron chi connectivity index (χ3n) is 1.33. The van der Waals surface area contributed by atoms with Gasteiger partial charge in [-0.05, 0) is 19.1 Å². The Balaban J connectivity index is 2.85. The van der Waals surface area contributed by atoms with Gasteiger partial charge in [-0.25, -0.2) is 0 Å². The van der Waals surface area contributed by atoms with E-state index in [1.165, 1.54) is 7.11 Å². The maximum Gasteiger partial charge on any atom is 0.106 e. The standard InChI is InChI=1S/C8H10N2O/c1-7(10-11-2)8-3-5-9-6-4-8/h3-6H,1-2H3/b10-7+. The summed E-state index contributed by atoms with van der Waals surface area (Å²) in [5.74, 6) is 0. The van der Waals surface area contributed by atoms with Crippen LogP contribution in [0, 0.1) is 0 Å². The predicted molar refractivity (Wildman–Crippen MR) is 43.5 cm³/mol. The van der Waals surface area contributed by atoms with Crippen molar-refractivity contribution in [2.45, 2.75) is 6.92 Å². The Morgan fingerprint density at radius 2 is 2.09 bits per heavy atom. The van der Waals surface area contributed by atoms with Crippen LogP contribution in [0.3, 0.4) is 0 Å². The first-order valence-corrected chi connectivity index (χ1v) is 3.32. The summed E-state index contributed by atoms with van der Waals surface area (Å²) in [5.41, 5.74) is 1.89. The largest absolute Gasteiger partial charge is 0.399 e. The van der Waals surface area contributed by atoms with Crippen LogP contribution in [0.1, 0.15) is 12.5 Å². The summed E-state index contributed by atoms with van der Waals surface area (Å²) in [6.45, 7) is 1.89. The third kappa shape index (κ3) is 2.04. The van der Waals surface area contributed by atoms with Crippen molar-refractivity contribution in [3.8, 4) is 0 Å². The monoisotopic (exact) mass is 150 g/mol. The van der Waals surface area contributed by atoms with Crippen LogP contribution in [0.25, 0.3) is 0 Å². The first kappa shape index (κ1) is 7.72. The number of hydrogen-bond donors (Lipinski definition) is 0. The van der Waals surface area contributed by atoms with Crippen molar-refractivity contribution < 1.29 is 4.84 Å². The summed E-state index contributed by atoms with van der Waals surface area (Å²) in [6, 6.07) is 3.77. The molecule has 0 amide bonds. The smallest absolute Gasteiger partial charge is 0.106 e. The second-order valence-electron chi connectivity index (χ2n) is 2.10. The highest BCUT2D eigenvalue weighted by atomic mass is 16.6. The van der Waals surface area contributed by atoms with Crippen molar-refractivity contribution in [3.05, 3.63) is 30.1 Å². The van der Waals surface area contributed by atoms with E-state index in [4.69, 9.17) is 0 Å². The Labute approximate surface area is 65.7 Å². The molecule has 0 unspecified atom stereocenters. The summed E-state index contributed by atoms with van der Waals surface area (Å²) < 4.78 is 0. The lowest BCUT2D eigenvalue weighted by atomic mass is 10.2. The molecule has 0 radical (unpaired) electrons. The van der Waals surface area contributed by atoms with Crippen LogP contribution in [-0.2, 0) is 4.84 Å². The van der Waals surface area contributed by atoms with Crippen LogP contribution in [0.15, 0.2) is 29.7 Å². The number of nitrogens with zero attached hydrogens (tertiary/aromatic N) is 2. The number of hydrogen-bond acceptors (Lipinski definition) is 3. The van der Waals surface area contributed by atoms with E-state index >= 15 is 0 Å². The average Bonchev–Trinajstić information content (AvgIpc) is 2.07. The van der Waals surface area contributed by atoms with Crippen LogP contribution >= 0.6 is 0 Å². The molecular weight excluding hydrogens is 140 g/mol. The molecule has 0 saturated carbocycles. The van der Waals surface area contributed by atoms with E-state index in [0.717, 1.165) is 11.3 Å². The zero-order chi connectivity index (χ0) is 8.10. The molecule has 0 fully saturated rings. The molecule has 0 saturated heterocycles. The number of pyridine rings is 1. The van der Waals surface area contributed by atoms with Gasteiger partial charge in [0.15, 0.2) is 0 Å². The number of rotatable bonds is 2.